The predicted octanol–water partition coefficient (Wildman–Crippen LogP) is 1.33. The van der Waals surface area contributed by atoms with Crippen molar-refractivity contribution in [3.63, 3.8) is 0 Å². The molecule has 1 saturated carbocycles. The van der Waals surface area contributed by atoms with Crippen molar-refractivity contribution in [3.8, 4) is 0 Å². The molecule has 3 saturated heterocycles. The Bertz CT molecular complexity index is 182. The number of nitrogens with zero attached hydrogens (tertiary/aromatic N) is 1. The summed E-state index contributed by atoms with van der Waals surface area (Å²) in [6.07, 6.45) is 2.82. The van der Waals surface area contributed by atoms with E-state index in [2.05, 4.69) is 4.90 Å². The lowest BCUT2D eigenvalue weighted by Crippen LogP contribution is -2.57. The summed E-state index contributed by atoms with van der Waals surface area (Å²) in [7, 11) is 0. The zero-order valence-corrected chi connectivity index (χ0v) is 7.44. The highest BCUT2D eigenvalue weighted by Gasteiger charge is 2.44. The maximum Gasteiger partial charge on any atom is 0.00559 e. The van der Waals surface area contributed by atoms with E-state index in [1.165, 1.54) is 37.3 Å². The molecule has 4 bridgehead atoms. The molecule has 0 N–H and O–H groups in total. The van der Waals surface area contributed by atoms with E-state index in [-0.39, 0.29) is 0 Å². The fourth-order valence-corrected chi connectivity index (χ4v) is 3.50. The van der Waals surface area contributed by atoms with Crippen LogP contribution >= 0.6 is 12.2 Å². The van der Waals surface area contributed by atoms with Crippen LogP contribution in [0.5, 0.6) is 0 Å². The topological polar surface area (TPSA) is 3.24 Å². The molecule has 4 fully saturated rings. The van der Waals surface area contributed by atoms with E-state index in [1.807, 2.05) is 0 Å². The number of rotatable bonds is 0. The summed E-state index contributed by atoms with van der Waals surface area (Å²) in [5.41, 5.74) is 0. The van der Waals surface area contributed by atoms with Gasteiger partial charge in [-0.15, -0.1) is 0 Å². The molecule has 2 heteroatoms. The van der Waals surface area contributed by atoms with Crippen LogP contribution in [0.3, 0.4) is 0 Å². The van der Waals surface area contributed by atoms with Crippen LogP contribution in [0.4, 0.5) is 0 Å². The van der Waals surface area contributed by atoms with E-state index in [4.69, 9.17) is 12.2 Å². The van der Waals surface area contributed by atoms with Crippen molar-refractivity contribution < 1.29 is 0 Å². The fourth-order valence-electron chi connectivity index (χ4n) is 3.16. The fraction of sp³-hybridized carbons (Fsp3) is 0.889. The van der Waals surface area contributed by atoms with E-state index in [0.717, 1.165) is 17.8 Å². The van der Waals surface area contributed by atoms with Crippen molar-refractivity contribution in [2.45, 2.75) is 12.8 Å². The van der Waals surface area contributed by atoms with Crippen LogP contribution in [0.15, 0.2) is 0 Å². The van der Waals surface area contributed by atoms with E-state index in [1.54, 1.807) is 0 Å². The first-order chi connectivity index (χ1) is 5.33. The minimum absolute atomic E-state index is 0.802. The van der Waals surface area contributed by atoms with Gasteiger partial charge < -0.3 is 4.90 Å². The van der Waals surface area contributed by atoms with Crippen molar-refractivity contribution in [2.24, 2.45) is 17.8 Å². The molecule has 0 radical (unpaired) electrons. The molecule has 0 spiro atoms. The number of hydrogen-bond donors (Lipinski definition) is 0. The van der Waals surface area contributed by atoms with Gasteiger partial charge in [0.15, 0.2) is 0 Å². The first kappa shape index (κ1) is 6.55. The van der Waals surface area contributed by atoms with E-state index in [9.17, 15) is 0 Å². The first-order valence-corrected chi connectivity index (χ1v) is 5.00. The summed E-state index contributed by atoms with van der Waals surface area (Å²) in [4.78, 5) is 4.03. The zero-order chi connectivity index (χ0) is 7.42. The molecule has 0 aromatic heterocycles. The summed E-state index contributed by atoms with van der Waals surface area (Å²) in [5.74, 6) is 2.60. The van der Waals surface area contributed by atoms with Gasteiger partial charge in [0.25, 0.3) is 0 Å². The molecule has 0 aromatic rings. The quantitative estimate of drug-likeness (QED) is 0.501. The Hall–Kier alpha value is 0.0500. The van der Waals surface area contributed by atoms with E-state index in [0.29, 0.717) is 0 Å². The molecule has 2 atom stereocenters. The molecular weight excluding hydrogens is 154 g/mol. The Morgan fingerprint density at radius 3 is 2.27 bits per heavy atom. The van der Waals surface area contributed by atoms with Crippen molar-refractivity contribution in [1.29, 1.82) is 0 Å². The zero-order valence-electron chi connectivity index (χ0n) is 6.62. The lowest BCUT2D eigenvalue weighted by molar-refractivity contribution is 0.0594. The Labute approximate surface area is 72.8 Å². The van der Waals surface area contributed by atoms with Crippen molar-refractivity contribution >= 4 is 17.1 Å². The largest absolute Gasteiger partial charge is 0.302 e. The van der Waals surface area contributed by atoms with Crippen LogP contribution in [-0.2, 0) is 0 Å². The smallest absolute Gasteiger partial charge is 0.00559 e. The molecule has 3 aliphatic heterocycles. The second kappa shape index (κ2) is 2.05. The molecule has 60 valence electrons. The van der Waals surface area contributed by atoms with Crippen molar-refractivity contribution in [3.05, 3.63) is 0 Å². The van der Waals surface area contributed by atoms with Gasteiger partial charge in [-0.3, -0.25) is 0 Å². The highest BCUT2D eigenvalue weighted by molar-refractivity contribution is 7.80. The lowest BCUT2D eigenvalue weighted by Gasteiger charge is -2.52. The van der Waals surface area contributed by atoms with Crippen LogP contribution in [0.25, 0.3) is 0 Å². The van der Waals surface area contributed by atoms with Gasteiger partial charge in [0.2, 0.25) is 0 Å². The Balaban J connectivity index is 1.96. The molecule has 1 nitrogen and oxygen atoms in total. The van der Waals surface area contributed by atoms with Gasteiger partial charge in [-0.25, -0.2) is 0 Å². The third-order valence-corrected chi connectivity index (χ3v) is 4.18. The van der Waals surface area contributed by atoms with Gasteiger partial charge >= 0.3 is 0 Å². The molecule has 0 aromatic carbocycles. The van der Waals surface area contributed by atoms with Gasteiger partial charge in [-0.05, 0) is 18.8 Å². The van der Waals surface area contributed by atoms with Crippen LogP contribution in [0, 0.1) is 17.8 Å². The third kappa shape index (κ3) is 0.828. The molecule has 1 aliphatic carbocycles. The highest BCUT2D eigenvalue weighted by atomic mass is 32.1. The van der Waals surface area contributed by atoms with Gasteiger partial charge in [0.05, 0.1) is 0 Å². The number of thiocarbonyl (C=S) groups is 1. The normalized spacial score (nSPS) is 53.6. The predicted molar refractivity (Wildman–Crippen MR) is 48.7 cm³/mol. The average Bonchev–Trinajstić information content (AvgIpc) is 1.98. The standard InChI is InChI=1S/C9H13NS/c11-9-7-1-6-2-8(9)5-10(3-6)4-7/h6-8H,1-5H2. The van der Waals surface area contributed by atoms with Gasteiger partial charge in [0.1, 0.15) is 0 Å². The van der Waals surface area contributed by atoms with Gasteiger partial charge in [-0.1, -0.05) is 12.2 Å². The molecule has 4 rings (SSSR count). The average molecular weight is 167 g/mol. The van der Waals surface area contributed by atoms with E-state index >= 15 is 0 Å². The maximum atomic E-state index is 5.45. The SMILES string of the molecule is S=C1C2CC3CC1CN(C3)C2. The molecular formula is C9H13NS. The Kier molecular flexibility index (Phi) is 1.22. The summed E-state index contributed by atoms with van der Waals surface area (Å²) < 4.78 is 0. The summed E-state index contributed by atoms with van der Waals surface area (Å²) in [6.45, 7) is 3.94. The summed E-state index contributed by atoms with van der Waals surface area (Å²) in [5, 5.41) is 0. The molecule has 4 aliphatic rings. The van der Waals surface area contributed by atoms with Crippen LogP contribution in [0.2, 0.25) is 0 Å². The second-order valence-electron chi connectivity index (χ2n) is 4.35. The maximum absolute atomic E-state index is 5.45. The number of hydrogen-bond acceptors (Lipinski definition) is 2. The molecule has 3 heterocycles. The summed E-state index contributed by atoms with van der Waals surface area (Å²) >= 11 is 5.45. The van der Waals surface area contributed by atoms with Gasteiger partial charge in [-0.2, -0.15) is 0 Å². The summed E-state index contributed by atoms with van der Waals surface area (Å²) in [6, 6.07) is 0. The minimum atomic E-state index is 0.802. The number of piperidine rings is 3. The molecule has 2 unspecified atom stereocenters. The van der Waals surface area contributed by atoms with Crippen LogP contribution in [-0.4, -0.2) is 29.4 Å². The highest BCUT2D eigenvalue weighted by Crippen LogP contribution is 2.41. The third-order valence-electron chi connectivity index (χ3n) is 3.51. The second-order valence-corrected chi connectivity index (χ2v) is 4.82. The van der Waals surface area contributed by atoms with Crippen molar-refractivity contribution in [2.75, 3.05) is 19.6 Å². The van der Waals surface area contributed by atoms with Crippen LogP contribution in [0.1, 0.15) is 12.8 Å². The first-order valence-electron chi connectivity index (χ1n) is 4.59. The Morgan fingerprint density at radius 2 is 1.73 bits per heavy atom. The van der Waals surface area contributed by atoms with Gasteiger partial charge in [0, 0.05) is 36.3 Å². The lowest BCUT2D eigenvalue weighted by atomic mass is 9.68. The van der Waals surface area contributed by atoms with Crippen LogP contribution < -0.4 is 0 Å². The molecule has 11 heavy (non-hydrogen) atoms. The molecule has 0 amide bonds. The van der Waals surface area contributed by atoms with E-state index < -0.39 is 0 Å². The van der Waals surface area contributed by atoms with Crippen molar-refractivity contribution in [1.82, 2.24) is 4.90 Å². The minimum Gasteiger partial charge on any atom is -0.302 e. The Morgan fingerprint density at radius 1 is 1.09 bits per heavy atom. The monoisotopic (exact) mass is 167 g/mol.